The van der Waals surface area contributed by atoms with Gasteiger partial charge < -0.3 is 10.0 Å². The monoisotopic (exact) mass is 235 g/mol. The van der Waals surface area contributed by atoms with Crippen LogP contribution in [-0.4, -0.2) is 28.9 Å². The summed E-state index contributed by atoms with van der Waals surface area (Å²) in [4.78, 5) is 23.5. The van der Waals surface area contributed by atoms with E-state index >= 15 is 0 Å². The Hall–Kier alpha value is -1.84. The van der Waals surface area contributed by atoms with Gasteiger partial charge in [0.15, 0.2) is 0 Å². The molecular weight excluding hydrogens is 218 g/mol. The van der Waals surface area contributed by atoms with Crippen LogP contribution in [0.15, 0.2) is 24.3 Å². The first-order chi connectivity index (χ1) is 7.99. The van der Waals surface area contributed by atoms with Crippen molar-refractivity contribution in [1.29, 1.82) is 0 Å². The van der Waals surface area contributed by atoms with E-state index in [-0.39, 0.29) is 18.7 Å². The summed E-state index contributed by atoms with van der Waals surface area (Å²) in [7, 11) is 1.68. The average Bonchev–Trinajstić information content (AvgIpc) is 2.28. The van der Waals surface area contributed by atoms with Crippen molar-refractivity contribution >= 4 is 11.9 Å². The van der Waals surface area contributed by atoms with Crippen molar-refractivity contribution in [1.82, 2.24) is 4.90 Å². The van der Waals surface area contributed by atoms with Crippen LogP contribution in [-0.2, 0) is 16.1 Å². The van der Waals surface area contributed by atoms with Crippen LogP contribution in [0.5, 0.6) is 0 Å². The van der Waals surface area contributed by atoms with E-state index in [1.54, 1.807) is 11.9 Å². The average molecular weight is 235 g/mol. The second kappa shape index (κ2) is 6.03. The Balaban J connectivity index is 2.48. The summed E-state index contributed by atoms with van der Waals surface area (Å²) in [6.45, 7) is 2.52. The maximum absolute atomic E-state index is 11.6. The lowest BCUT2D eigenvalue weighted by Crippen LogP contribution is -2.26. The first-order valence-electron chi connectivity index (χ1n) is 5.50. The number of benzene rings is 1. The second-order valence-corrected chi connectivity index (χ2v) is 4.13. The third kappa shape index (κ3) is 4.68. The van der Waals surface area contributed by atoms with Gasteiger partial charge in [0.1, 0.15) is 0 Å². The van der Waals surface area contributed by atoms with Crippen molar-refractivity contribution in [2.24, 2.45) is 0 Å². The topological polar surface area (TPSA) is 57.6 Å². The van der Waals surface area contributed by atoms with Crippen LogP contribution < -0.4 is 0 Å². The number of amides is 1. The summed E-state index contributed by atoms with van der Waals surface area (Å²) < 4.78 is 0. The van der Waals surface area contributed by atoms with Gasteiger partial charge in [-0.1, -0.05) is 29.8 Å². The molecular formula is C13H17NO3. The van der Waals surface area contributed by atoms with E-state index in [0.29, 0.717) is 6.54 Å². The molecule has 4 heteroatoms. The molecule has 0 bridgehead atoms. The number of nitrogens with zero attached hydrogens (tertiary/aromatic N) is 1. The van der Waals surface area contributed by atoms with Gasteiger partial charge in [0.2, 0.25) is 5.91 Å². The molecule has 0 aliphatic rings. The third-order valence-electron chi connectivity index (χ3n) is 2.52. The highest BCUT2D eigenvalue weighted by Gasteiger charge is 2.10. The molecule has 0 aliphatic heterocycles. The maximum Gasteiger partial charge on any atom is 0.303 e. The van der Waals surface area contributed by atoms with Crippen LogP contribution in [0.25, 0.3) is 0 Å². The molecule has 1 aromatic rings. The lowest BCUT2D eigenvalue weighted by molar-refractivity contribution is -0.140. The number of aryl methyl sites for hydroxylation is 1. The van der Waals surface area contributed by atoms with Crippen LogP contribution >= 0.6 is 0 Å². The van der Waals surface area contributed by atoms with Crippen LogP contribution in [0.1, 0.15) is 24.0 Å². The predicted molar refractivity (Wildman–Crippen MR) is 64.5 cm³/mol. The van der Waals surface area contributed by atoms with Crippen molar-refractivity contribution in [2.45, 2.75) is 26.3 Å². The van der Waals surface area contributed by atoms with Crippen molar-refractivity contribution in [3.8, 4) is 0 Å². The number of aliphatic carboxylic acids is 1. The predicted octanol–water partition coefficient (Wildman–Crippen LogP) is 1.82. The van der Waals surface area contributed by atoms with Gasteiger partial charge in [-0.15, -0.1) is 0 Å². The molecule has 0 saturated heterocycles. The third-order valence-corrected chi connectivity index (χ3v) is 2.52. The smallest absolute Gasteiger partial charge is 0.303 e. The minimum absolute atomic E-state index is 0.0533. The van der Waals surface area contributed by atoms with Gasteiger partial charge in [0.05, 0.1) is 6.42 Å². The zero-order chi connectivity index (χ0) is 12.8. The molecule has 0 atom stereocenters. The molecule has 1 N–H and O–H groups in total. The Bertz CT molecular complexity index is 398. The number of hydrogen-bond donors (Lipinski definition) is 1. The van der Waals surface area contributed by atoms with Gasteiger partial charge in [0, 0.05) is 20.0 Å². The Kier molecular flexibility index (Phi) is 4.69. The molecule has 0 unspecified atom stereocenters. The summed E-state index contributed by atoms with van der Waals surface area (Å²) in [6, 6.07) is 7.92. The number of rotatable bonds is 5. The Morgan fingerprint density at radius 1 is 1.18 bits per heavy atom. The molecule has 1 amide bonds. The van der Waals surface area contributed by atoms with Crippen LogP contribution in [0.4, 0.5) is 0 Å². The van der Waals surface area contributed by atoms with E-state index < -0.39 is 5.97 Å². The lowest BCUT2D eigenvalue weighted by atomic mass is 10.1. The molecule has 17 heavy (non-hydrogen) atoms. The van der Waals surface area contributed by atoms with E-state index in [4.69, 9.17) is 5.11 Å². The fraction of sp³-hybridized carbons (Fsp3) is 0.385. The lowest BCUT2D eigenvalue weighted by Gasteiger charge is -2.16. The minimum Gasteiger partial charge on any atom is -0.481 e. The number of carbonyl (C=O) groups excluding carboxylic acids is 1. The van der Waals surface area contributed by atoms with Gasteiger partial charge in [-0.25, -0.2) is 0 Å². The quantitative estimate of drug-likeness (QED) is 0.846. The largest absolute Gasteiger partial charge is 0.481 e. The number of carboxylic acid groups (broad SMARTS) is 1. The van der Waals surface area contributed by atoms with Crippen molar-refractivity contribution in [3.05, 3.63) is 35.4 Å². The van der Waals surface area contributed by atoms with Crippen LogP contribution in [0.3, 0.4) is 0 Å². The molecule has 1 rings (SSSR count). The Labute approximate surface area is 101 Å². The van der Waals surface area contributed by atoms with Gasteiger partial charge in [0.25, 0.3) is 0 Å². The summed E-state index contributed by atoms with van der Waals surface area (Å²) in [5.74, 6) is -1.09. The fourth-order valence-electron chi connectivity index (χ4n) is 1.46. The molecule has 0 radical (unpaired) electrons. The zero-order valence-corrected chi connectivity index (χ0v) is 10.1. The van der Waals surface area contributed by atoms with E-state index in [1.807, 2.05) is 31.2 Å². The SMILES string of the molecule is Cc1ccc(CN(C)C(=O)CCC(=O)O)cc1. The van der Waals surface area contributed by atoms with Gasteiger partial charge in [-0.3, -0.25) is 9.59 Å². The number of carbonyl (C=O) groups is 2. The number of carboxylic acids is 1. The zero-order valence-electron chi connectivity index (χ0n) is 10.1. The van der Waals surface area contributed by atoms with Crippen LogP contribution in [0, 0.1) is 6.92 Å². The summed E-state index contributed by atoms with van der Waals surface area (Å²) >= 11 is 0. The minimum atomic E-state index is -0.943. The standard InChI is InChI=1S/C13H17NO3/c1-10-3-5-11(6-4-10)9-14(2)12(15)7-8-13(16)17/h3-6H,7-9H2,1-2H3,(H,16,17). The molecule has 4 nitrogen and oxygen atoms in total. The van der Waals surface area contributed by atoms with Crippen molar-refractivity contribution < 1.29 is 14.7 Å². The normalized spacial score (nSPS) is 10.0. The molecule has 0 fully saturated rings. The molecule has 0 spiro atoms. The summed E-state index contributed by atoms with van der Waals surface area (Å²) in [5, 5.41) is 8.49. The second-order valence-electron chi connectivity index (χ2n) is 4.13. The highest BCUT2D eigenvalue weighted by Crippen LogP contribution is 2.07. The molecule has 0 saturated carbocycles. The van der Waals surface area contributed by atoms with E-state index in [0.717, 1.165) is 5.56 Å². The maximum atomic E-state index is 11.6. The fourth-order valence-corrected chi connectivity index (χ4v) is 1.46. The number of hydrogen-bond acceptors (Lipinski definition) is 2. The van der Waals surface area contributed by atoms with Gasteiger partial charge >= 0.3 is 5.97 Å². The molecule has 1 aromatic carbocycles. The highest BCUT2D eigenvalue weighted by atomic mass is 16.4. The van der Waals surface area contributed by atoms with E-state index in [9.17, 15) is 9.59 Å². The first-order valence-corrected chi connectivity index (χ1v) is 5.50. The summed E-state index contributed by atoms with van der Waals surface area (Å²) in [6.07, 6.45) is -0.0607. The highest BCUT2D eigenvalue weighted by molar-refractivity contribution is 5.80. The van der Waals surface area contributed by atoms with Gasteiger partial charge in [-0.05, 0) is 12.5 Å². The van der Waals surface area contributed by atoms with E-state index in [1.165, 1.54) is 5.56 Å². The van der Waals surface area contributed by atoms with E-state index in [2.05, 4.69) is 0 Å². The molecule has 0 heterocycles. The van der Waals surface area contributed by atoms with Gasteiger partial charge in [-0.2, -0.15) is 0 Å². The van der Waals surface area contributed by atoms with Crippen LogP contribution in [0.2, 0.25) is 0 Å². The summed E-state index contributed by atoms with van der Waals surface area (Å²) in [5.41, 5.74) is 2.22. The van der Waals surface area contributed by atoms with Crippen molar-refractivity contribution in [2.75, 3.05) is 7.05 Å². The molecule has 0 aromatic heterocycles. The molecule has 92 valence electrons. The Morgan fingerprint density at radius 2 is 1.76 bits per heavy atom. The molecule has 0 aliphatic carbocycles. The van der Waals surface area contributed by atoms with Crippen molar-refractivity contribution in [3.63, 3.8) is 0 Å². The Morgan fingerprint density at radius 3 is 2.29 bits per heavy atom. The first kappa shape index (κ1) is 13.2.